The number of carbonyl (C=O) groups is 1. The fourth-order valence-electron chi connectivity index (χ4n) is 4.34. The van der Waals surface area contributed by atoms with Gasteiger partial charge in [0.25, 0.3) is 0 Å². The average molecular weight is 314 g/mol. The number of ether oxygens (including phenoxy) is 1. The Kier molecular flexibility index (Phi) is 4.12. The molecule has 0 N–H and O–H groups in total. The van der Waals surface area contributed by atoms with Crippen molar-refractivity contribution in [3.8, 4) is 0 Å². The number of hydrogen-bond acceptors (Lipinski definition) is 3. The molecule has 23 heavy (non-hydrogen) atoms. The van der Waals surface area contributed by atoms with Gasteiger partial charge in [-0.05, 0) is 30.7 Å². The van der Waals surface area contributed by atoms with Crippen LogP contribution in [0.2, 0.25) is 0 Å². The van der Waals surface area contributed by atoms with Gasteiger partial charge in [-0.1, -0.05) is 29.8 Å². The number of rotatable bonds is 3. The highest BCUT2D eigenvalue weighted by Crippen LogP contribution is 2.33. The standard InChI is InChI=1S/C19H26N2O2/c1-14-2-4-15(5-3-14)8-20-9-17-11-21(12-18(17)10-20)19(22)16-6-7-23-13-16/h2-5,16-18H,6-13H2,1H3/t16?,17-,18+. The summed E-state index contributed by atoms with van der Waals surface area (Å²) in [6.45, 7) is 8.70. The Labute approximate surface area is 138 Å². The predicted molar refractivity (Wildman–Crippen MR) is 88.9 cm³/mol. The molecule has 4 rings (SSSR count). The van der Waals surface area contributed by atoms with E-state index in [0.29, 0.717) is 24.3 Å². The minimum atomic E-state index is 0.123. The maximum Gasteiger partial charge on any atom is 0.228 e. The Morgan fingerprint density at radius 1 is 1.13 bits per heavy atom. The van der Waals surface area contributed by atoms with Crippen molar-refractivity contribution in [3.05, 3.63) is 35.4 Å². The van der Waals surface area contributed by atoms with Crippen molar-refractivity contribution in [3.63, 3.8) is 0 Å². The van der Waals surface area contributed by atoms with Crippen molar-refractivity contribution < 1.29 is 9.53 Å². The molecule has 0 bridgehead atoms. The minimum absolute atomic E-state index is 0.123. The molecule has 0 aromatic heterocycles. The average Bonchev–Trinajstić information content (AvgIpc) is 3.24. The third-order valence-corrected chi connectivity index (χ3v) is 5.68. The molecule has 1 aromatic carbocycles. The largest absolute Gasteiger partial charge is 0.381 e. The summed E-state index contributed by atoms with van der Waals surface area (Å²) in [6, 6.07) is 8.85. The van der Waals surface area contributed by atoms with Crippen molar-refractivity contribution in [2.75, 3.05) is 39.4 Å². The van der Waals surface area contributed by atoms with E-state index in [1.807, 2.05) is 0 Å². The number of benzene rings is 1. The second kappa shape index (κ2) is 6.25. The summed E-state index contributed by atoms with van der Waals surface area (Å²) < 4.78 is 5.37. The number of fused-ring (bicyclic) bond motifs is 1. The summed E-state index contributed by atoms with van der Waals surface area (Å²) in [4.78, 5) is 17.2. The van der Waals surface area contributed by atoms with Gasteiger partial charge in [0.05, 0.1) is 12.5 Å². The highest BCUT2D eigenvalue weighted by molar-refractivity contribution is 5.79. The maximum atomic E-state index is 12.5. The number of carbonyl (C=O) groups excluding carboxylic acids is 1. The molecular formula is C19H26N2O2. The number of nitrogens with zero attached hydrogens (tertiary/aromatic N) is 2. The molecule has 1 aromatic rings. The molecule has 1 unspecified atom stereocenters. The van der Waals surface area contributed by atoms with Crippen LogP contribution in [0.1, 0.15) is 17.5 Å². The molecule has 0 radical (unpaired) electrons. The number of hydrogen-bond donors (Lipinski definition) is 0. The lowest BCUT2D eigenvalue weighted by molar-refractivity contribution is -0.134. The first-order valence-electron chi connectivity index (χ1n) is 8.83. The Morgan fingerprint density at radius 2 is 1.83 bits per heavy atom. The van der Waals surface area contributed by atoms with Crippen LogP contribution in [0, 0.1) is 24.7 Å². The number of aryl methyl sites for hydroxylation is 1. The normalized spacial score (nSPS) is 30.8. The predicted octanol–water partition coefficient (Wildman–Crippen LogP) is 1.92. The van der Waals surface area contributed by atoms with E-state index in [1.54, 1.807) is 0 Å². The van der Waals surface area contributed by atoms with Crippen LogP contribution in [0.4, 0.5) is 0 Å². The lowest BCUT2D eigenvalue weighted by atomic mass is 10.0. The van der Waals surface area contributed by atoms with Gasteiger partial charge in [-0.25, -0.2) is 0 Å². The Bertz CT molecular complexity index is 551. The highest BCUT2D eigenvalue weighted by Gasteiger charge is 2.42. The summed E-state index contributed by atoms with van der Waals surface area (Å²) in [6.07, 6.45) is 0.907. The smallest absolute Gasteiger partial charge is 0.228 e. The van der Waals surface area contributed by atoms with Crippen molar-refractivity contribution in [2.45, 2.75) is 19.9 Å². The Balaban J connectivity index is 1.31. The lowest BCUT2D eigenvalue weighted by Crippen LogP contribution is -2.37. The van der Waals surface area contributed by atoms with Gasteiger partial charge in [0.15, 0.2) is 0 Å². The summed E-state index contributed by atoms with van der Waals surface area (Å²) in [5.74, 6) is 1.78. The highest BCUT2D eigenvalue weighted by atomic mass is 16.5. The molecule has 1 amide bonds. The first-order valence-corrected chi connectivity index (χ1v) is 8.83. The molecule has 3 saturated heterocycles. The number of amides is 1. The molecule has 3 heterocycles. The molecule has 3 atom stereocenters. The van der Waals surface area contributed by atoms with Crippen molar-refractivity contribution in [2.24, 2.45) is 17.8 Å². The number of likely N-dealkylation sites (tertiary alicyclic amines) is 2. The molecular weight excluding hydrogens is 288 g/mol. The zero-order valence-electron chi connectivity index (χ0n) is 13.9. The van der Waals surface area contributed by atoms with E-state index >= 15 is 0 Å². The van der Waals surface area contributed by atoms with Gasteiger partial charge < -0.3 is 9.64 Å². The van der Waals surface area contributed by atoms with Crippen molar-refractivity contribution >= 4 is 5.91 Å². The fourth-order valence-corrected chi connectivity index (χ4v) is 4.34. The van der Waals surface area contributed by atoms with Gasteiger partial charge in [-0.2, -0.15) is 0 Å². The second-order valence-corrected chi connectivity index (χ2v) is 7.50. The summed E-state index contributed by atoms with van der Waals surface area (Å²) >= 11 is 0. The van der Waals surface area contributed by atoms with Gasteiger partial charge in [0.2, 0.25) is 5.91 Å². The third kappa shape index (κ3) is 3.15. The van der Waals surface area contributed by atoms with Crippen LogP contribution < -0.4 is 0 Å². The SMILES string of the molecule is Cc1ccc(CN2C[C@@H]3CN(C(=O)C4CCOC4)C[C@@H]3C2)cc1. The minimum Gasteiger partial charge on any atom is -0.381 e. The van der Waals surface area contributed by atoms with Crippen LogP contribution in [0.5, 0.6) is 0 Å². The van der Waals surface area contributed by atoms with E-state index in [1.165, 1.54) is 11.1 Å². The molecule has 0 saturated carbocycles. The molecule has 0 aliphatic carbocycles. The molecule has 4 nitrogen and oxygen atoms in total. The van der Waals surface area contributed by atoms with Gasteiger partial charge >= 0.3 is 0 Å². The van der Waals surface area contributed by atoms with E-state index in [4.69, 9.17) is 4.74 Å². The third-order valence-electron chi connectivity index (χ3n) is 5.68. The molecule has 3 aliphatic rings. The van der Waals surface area contributed by atoms with E-state index in [9.17, 15) is 4.79 Å². The first-order chi connectivity index (χ1) is 11.2. The van der Waals surface area contributed by atoms with Crippen molar-refractivity contribution in [1.29, 1.82) is 0 Å². The van der Waals surface area contributed by atoms with Gasteiger partial charge in [-0.15, -0.1) is 0 Å². The topological polar surface area (TPSA) is 32.8 Å². The van der Waals surface area contributed by atoms with Gasteiger partial charge in [-0.3, -0.25) is 9.69 Å². The molecule has 124 valence electrons. The Morgan fingerprint density at radius 3 is 2.43 bits per heavy atom. The van der Waals surface area contributed by atoms with Gasteiger partial charge in [0, 0.05) is 39.3 Å². The zero-order chi connectivity index (χ0) is 15.8. The van der Waals surface area contributed by atoms with Crippen LogP contribution in [0.15, 0.2) is 24.3 Å². The maximum absolute atomic E-state index is 12.5. The fraction of sp³-hybridized carbons (Fsp3) is 0.632. The second-order valence-electron chi connectivity index (χ2n) is 7.50. The van der Waals surface area contributed by atoms with Crippen LogP contribution in [0.3, 0.4) is 0 Å². The van der Waals surface area contributed by atoms with Crippen LogP contribution in [-0.2, 0) is 16.1 Å². The van der Waals surface area contributed by atoms with Crippen LogP contribution >= 0.6 is 0 Å². The zero-order valence-corrected chi connectivity index (χ0v) is 13.9. The van der Waals surface area contributed by atoms with Crippen LogP contribution in [-0.4, -0.2) is 55.1 Å². The molecule has 0 spiro atoms. The molecule has 3 fully saturated rings. The molecule has 4 heteroatoms. The summed E-state index contributed by atoms with van der Waals surface area (Å²) in [5.41, 5.74) is 2.71. The van der Waals surface area contributed by atoms with Crippen molar-refractivity contribution in [1.82, 2.24) is 9.80 Å². The monoisotopic (exact) mass is 314 g/mol. The summed E-state index contributed by atoms with van der Waals surface area (Å²) in [5, 5.41) is 0. The van der Waals surface area contributed by atoms with E-state index in [-0.39, 0.29) is 5.92 Å². The van der Waals surface area contributed by atoms with E-state index < -0.39 is 0 Å². The van der Waals surface area contributed by atoms with E-state index in [0.717, 1.165) is 45.8 Å². The van der Waals surface area contributed by atoms with E-state index in [2.05, 4.69) is 41.0 Å². The Hall–Kier alpha value is -1.39. The van der Waals surface area contributed by atoms with Gasteiger partial charge in [0.1, 0.15) is 0 Å². The first kappa shape index (κ1) is 15.2. The lowest BCUT2D eigenvalue weighted by Gasteiger charge is -2.23. The molecule has 3 aliphatic heterocycles. The quantitative estimate of drug-likeness (QED) is 0.854. The summed E-state index contributed by atoms with van der Waals surface area (Å²) in [7, 11) is 0. The van der Waals surface area contributed by atoms with Crippen LogP contribution in [0.25, 0.3) is 0 Å².